The van der Waals surface area contributed by atoms with E-state index < -0.39 is 11.3 Å². The Kier molecular flexibility index (Phi) is 7.29. The van der Waals surface area contributed by atoms with Gasteiger partial charge in [-0.15, -0.1) is 0 Å². The van der Waals surface area contributed by atoms with Crippen molar-refractivity contribution in [3.63, 3.8) is 0 Å². The van der Waals surface area contributed by atoms with Gasteiger partial charge < -0.3 is 29.9 Å². The number of benzene rings is 2. The van der Waals surface area contributed by atoms with E-state index in [9.17, 15) is 19.8 Å². The van der Waals surface area contributed by atoms with Crippen molar-refractivity contribution in [3.05, 3.63) is 80.5 Å². The van der Waals surface area contributed by atoms with E-state index in [0.29, 0.717) is 21.9 Å². The summed E-state index contributed by atoms with van der Waals surface area (Å²) in [7, 11) is 0. The first kappa shape index (κ1) is 23.7. The molecule has 0 unspecified atom stereocenters. The summed E-state index contributed by atoms with van der Waals surface area (Å²) in [4.78, 5) is 22.9. The normalized spacial score (nSPS) is 10.1. The predicted octanol–water partition coefficient (Wildman–Crippen LogP) is 3.77. The van der Waals surface area contributed by atoms with Crippen molar-refractivity contribution < 1.29 is 39.5 Å². The van der Waals surface area contributed by atoms with Crippen LogP contribution in [0.2, 0.25) is 0 Å². The molecule has 0 bridgehead atoms. The number of hydrogen-bond acceptors (Lipinski definition) is 8. The molecule has 0 fully saturated rings. The predicted molar refractivity (Wildman–Crippen MR) is 113 cm³/mol. The number of aromatic hydroxyl groups is 2. The Morgan fingerprint density at radius 2 is 1.03 bits per heavy atom. The number of fused-ring (bicyclic) bond motifs is 2. The summed E-state index contributed by atoms with van der Waals surface area (Å²) in [5.74, 6) is -0.372. The molecule has 0 aliphatic carbocycles. The van der Waals surface area contributed by atoms with Gasteiger partial charge in [-0.25, -0.2) is 9.59 Å². The van der Waals surface area contributed by atoms with Crippen LogP contribution in [0.25, 0.3) is 21.9 Å². The molecule has 0 aliphatic heterocycles. The SMILES string of the molecule is CC(=N)c1c(O)c2ccccc2oc1=O.CC(=N)c1c(O)c2ccccc2oc1=O.[Pd]. The van der Waals surface area contributed by atoms with E-state index in [1.807, 2.05) is 0 Å². The van der Waals surface area contributed by atoms with Gasteiger partial charge in [0.25, 0.3) is 0 Å². The maximum absolute atomic E-state index is 11.4. The zero-order valence-corrected chi connectivity index (χ0v) is 18.0. The molecule has 0 radical (unpaired) electrons. The minimum Gasteiger partial charge on any atom is -0.506 e. The number of rotatable bonds is 2. The molecule has 2 aromatic carbocycles. The van der Waals surface area contributed by atoms with Gasteiger partial charge in [0, 0.05) is 31.8 Å². The molecule has 8 nitrogen and oxygen atoms in total. The molecule has 0 amide bonds. The molecule has 2 heterocycles. The van der Waals surface area contributed by atoms with Gasteiger partial charge in [-0.05, 0) is 38.1 Å². The average molecular weight is 513 g/mol. The first-order valence-electron chi connectivity index (χ1n) is 8.83. The number of para-hydroxylation sites is 2. The molecule has 4 N–H and O–H groups in total. The Balaban J connectivity index is 0.000000213. The molecule has 9 heteroatoms. The fourth-order valence-electron chi connectivity index (χ4n) is 2.93. The van der Waals surface area contributed by atoms with Crippen LogP contribution in [0.1, 0.15) is 25.0 Å². The van der Waals surface area contributed by atoms with Crippen LogP contribution in [0.3, 0.4) is 0 Å². The van der Waals surface area contributed by atoms with Crippen LogP contribution >= 0.6 is 0 Å². The van der Waals surface area contributed by atoms with Crippen molar-refractivity contribution >= 4 is 33.4 Å². The van der Waals surface area contributed by atoms with E-state index in [1.54, 1.807) is 48.5 Å². The largest absolute Gasteiger partial charge is 0.506 e. The van der Waals surface area contributed by atoms with Crippen molar-refractivity contribution in [2.24, 2.45) is 0 Å². The zero-order valence-electron chi connectivity index (χ0n) is 16.5. The van der Waals surface area contributed by atoms with E-state index >= 15 is 0 Å². The van der Waals surface area contributed by atoms with Crippen molar-refractivity contribution in [1.82, 2.24) is 0 Å². The van der Waals surface area contributed by atoms with Crippen LogP contribution in [-0.4, -0.2) is 21.6 Å². The maximum atomic E-state index is 11.4. The Bertz CT molecular complexity index is 1310. The van der Waals surface area contributed by atoms with Crippen LogP contribution in [-0.2, 0) is 20.4 Å². The molecule has 0 saturated heterocycles. The molecule has 0 saturated carbocycles. The Morgan fingerprint density at radius 3 is 1.35 bits per heavy atom. The minimum absolute atomic E-state index is 0. The summed E-state index contributed by atoms with van der Waals surface area (Å²) >= 11 is 0. The van der Waals surface area contributed by atoms with Gasteiger partial charge in [-0.2, -0.15) is 0 Å². The standard InChI is InChI=1S/2C11H9NO3.Pd/c2*1-6(12)9-10(13)7-4-2-3-5-8(7)15-11(9)14;/h2*2-5,12-13H,1H3;. The summed E-state index contributed by atoms with van der Waals surface area (Å²) in [6, 6.07) is 13.3. The van der Waals surface area contributed by atoms with Crippen LogP contribution in [0.15, 0.2) is 67.0 Å². The molecule has 4 aromatic rings. The molecule has 31 heavy (non-hydrogen) atoms. The summed E-state index contributed by atoms with van der Waals surface area (Å²) in [6.07, 6.45) is 0. The zero-order chi connectivity index (χ0) is 22.0. The molecule has 4 rings (SSSR count). The summed E-state index contributed by atoms with van der Waals surface area (Å²) in [5.41, 5.74) is -0.881. The maximum Gasteiger partial charge on any atom is 0.349 e. The monoisotopic (exact) mass is 512 g/mol. The second-order valence-corrected chi connectivity index (χ2v) is 6.47. The number of nitrogens with one attached hydrogen (secondary N) is 2. The molecule has 162 valence electrons. The quantitative estimate of drug-likeness (QED) is 0.182. The van der Waals surface area contributed by atoms with Gasteiger partial charge >= 0.3 is 11.3 Å². The van der Waals surface area contributed by atoms with E-state index in [4.69, 9.17) is 19.7 Å². The second kappa shape index (κ2) is 9.52. The molecule has 2 aromatic heterocycles. The summed E-state index contributed by atoms with van der Waals surface area (Å²) < 4.78 is 9.96. The van der Waals surface area contributed by atoms with Gasteiger partial charge in [-0.1, -0.05) is 24.3 Å². The third-order valence-electron chi connectivity index (χ3n) is 4.32. The molecule has 0 aliphatic rings. The molecular weight excluding hydrogens is 495 g/mol. The van der Waals surface area contributed by atoms with Crippen molar-refractivity contribution in [2.75, 3.05) is 0 Å². The summed E-state index contributed by atoms with van der Waals surface area (Å²) in [6.45, 7) is 2.86. The van der Waals surface area contributed by atoms with Gasteiger partial charge in [-0.3, -0.25) is 0 Å². The fourth-order valence-corrected chi connectivity index (χ4v) is 2.93. The molecule has 0 atom stereocenters. The van der Waals surface area contributed by atoms with Gasteiger partial charge in [0.15, 0.2) is 0 Å². The van der Waals surface area contributed by atoms with Crippen LogP contribution < -0.4 is 11.3 Å². The van der Waals surface area contributed by atoms with Crippen LogP contribution in [0, 0.1) is 10.8 Å². The Hall–Kier alpha value is -3.54. The second-order valence-electron chi connectivity index (χ2n) is 6.47. The number of hydrogen-bond donors (Lipinski definition) is 4. The fraction of sp³-hybridized carbons (Fsp3) is 0.0909. The molecule has 0 spiro atoms. The van der Waals surface area contributed by atoms with Crippen LogP contribution in [0.4, 0.5) is 0 Å². The first-order valence-corrected chi connectivity index (χ1v) is 8.83. The van der Waals surface area contributed by atoms with Gasteiger partial charge in [0.2, 0.25) is 0 Å². The van der Waals surface area contributed by atoms with E-state index in [2.05, 4.69) is 0 Å². The third kappa shape index (κ3) is 4.63. The third-order valence-corrected chi connectivity index (χ3v) is 4.32. The average Bonchev–Trinajstić information content (AvgIpc) is 2.68. The van der Waals surface area contributed by atoms with Gasteiger partial charge in [0.05, 0.1) is 10.8 Å². The summed E-state index contributed by atoms with van der Waals surface area (Å²) in [5, 5.41) is 35.2. The van der Waals surface area contributed by atoms with E-state index in [-0.39, 0.29) is 54.5 Å². The van der Waals surface area contributed by atoms with Crippen LogP contribution in [0.5, 0.6) is 11.5 Å². The van der Waals surface area contributed by atoms with Crippen molar-refractivity contribution in [3.8, 4) is 11.5 Å². The molecular formula is C22H18N2O6Pd. The van der Waals surface area contributed by atoms with E-state index in [0.717, 1.165) is 0 Å². The topological polar surface area (TPSA) is 149 Å². The Morgan fingerprint density at radius 1 is 0.710 bits per heavy atom. The minimum atomic E-state index is -0.682. The van der Waals surface area contributed by atoms with Crippen molar-refractivity contribution in [2.45, 2.75) is 13.8 Å². The first-order chi connectivity index (χ1) is 14.2. The van der Waals surface area contributed by atoms with Gasteiger partial charge in [0.1, 0.15) is 33.8 Å². The van der Waals surface area contributed by atoms with E-state index in [1.165, 1.54) is 13.8 Å². The Labute approximate surface area is 189 Å². The van der Waals surface area contributed by atoms with Crippen molar-refractivity contribution in [1.29, 1.82) is 10.8 Å². The smallest absolute Gasteiger partial charge is 0.349 e.